The molecule has 1 aromatic rings. The Hall–Kier alpha value is -1.16. The first kappa shape index (κ1) is 11.3. The van der Waals surface area contributed by atoms with Gasteiger partial charge in [-0.3, -0.25) is 4.79 Å². The molecule has 0 aliphatic heterocycles. The van der Waals surface area contributed by atoms with Gasteiger partial charge in [0.2, 0.25) is 0 Å². The van der Waals surface area contributed by atoms with Crippen molar-refractivity contribution >= 4 is 23.0 Å². The van der Waals surface area contributed by atoms with Crippen molar-refractivity contribution in [1.29, 1.82) is 0 Å². The van der Waals surface area contributed by atoms with E-state index in [9.17, 15) is 4.79 Å². The van der Waals surface area contributed by atoms with Gasteiger partial charge in [-0.1, -0.05) is 13.0 Å². The zero-order valence-electron chi connectivity index (χ0n) is 9.40. The molecule has 0 spiro atoms. The van der Waals surface area contributed by atoms with Crippen LogP contribution in [-0.2, 0) is 0 Å². The number of nitrogens with zero attached hydrogens (tertiary/aromatic N) is 1. The van der Waals surface area contributed by atoms with E-state index in [4.69, 9.17) is 0 Å². The van der Waals surface area contributed by atoms with E-state index in [0.29, 0.717) is 10.8 Å². The molecule has 1 heterocycles. The molecule has 1 amide bonds. The van der Waals surface area contributed by atoms with E-state index in [2.05, 4.69) is 17.5 Å². The SMILES string of the molecule is C[C@@H]1CCC/C(=N\NC(=O)c2cccs2)C1. The first-order valence-corrected chi connectivity index (χ1v) is 6.53. The Labute approximate surface area is 99.6 Å². The second-order valence-corrected chi connectivity index (χ2v) is 5.25. The largest absolute Gasteiger partial charge is 0.281 e. The van der Waals surface area contributed by atoms with Gasteiger partial charge in [0.25, 0.3) is 5.91 Å². The van der Waals surface area contributed by atoms with E-state index in [-0.39, 0.29) is 5.91 Å². The third kappa shape index (κ3) is 2.92. The number of thiophene rings is 1. The number of amides is 1. The van der Waals surface area contributed by atoms with Crippen LogP contribution in [0, 0.1) is 5.92 Å². The van der Waals surface area contributed by atoms with Gasteiger partial charge in [0, 0.05) is 5.71 Å². The van der Waals surface area contributed by atoms with Gasteiger partial charge in [-0.2, -0.15) is 5.10 Å². The van der Waals surface area contributed by atoms with Crippen LogP contribution in [0.4, 0.5) is 0 Å². The van der Waals surface area contributed by atoms with E-state index in [0.717, 1.165) is 18.6 Å². The summed E-state index contributed by atoms with van der Waals surface area (Å²) in [6, 6.07) is 3.68. The molecule has 1 aliphatic rings. The highest BCUT2D eigenvalue weighted by Crippen LogP contribution is 2.21. The number of nitrogens with one attached hydrogen (secondary N) is 1. The van der Waals surface area contributed by atoms with Crippen LogP contribution in [0.5, 0.6) is 0 Å². The lowest BCUT2D eigenvalue weighted by Gasteiger charge is -2.18. The Bertz CT molecular complexity index is 384. The summed E-state index contributed by atoms with van der Waals surface area (Å²) >= 11 is 1.44. The molecular weight excluding hydrogens is 220 g/mol. The van der Waals surface area contributed by atoms with Crippen LogP contribution in [0.2, 0.25) is 0 Å². The highest BCUT2D eigenvalue weighted by molar-refractivity contribution is 7.12. The lowest BCUT2D eigenvalue weighted by molar-refractivity contribution is 0.0958. The molecule has 86 valence electrons. The molecule has 1 saturated carbocycles. The highest BCUT2D eigenvalue weighted by atomic mass is 32.1. The summed E-state index contributed by atoms with van der Waals surface area (Å²) in [6.45, 7) is 2.23. The maximum absolute atomic E-state index is 11.6. The molecule has 1 N–H and O–H groups in total. The van der Waals surface area contributed by atoms with Crippen LogP contribution in [0.15, 0.2) is 22.6 Å². The van der Waals surface area contributed by atoms with Crippen molar-refractivity contribution in [2.75, 3.05) is 0 Å². The van der Waals surface area contributed by atoms with Gasteiger partial charge in [-0.15, -0.1) is 11.3 Å². The van der Waals surface area contributed by atoms with Crippen LogP contribution < -0.4 is 5.43 Å². The van der Waals surface area contributed by atoms with Crippen LogP contribution in [0.1, 0.15) is 42.3 Å². The second-order valence-electron chi connectivity index (χ2n) is 4.30. The number of hydrazone groups is 1. The van der Waals surface area contributed by atoms with Crippen LogP contribution in [0.3, 0.4) is 0 Å². The van der Waals surface area contributed by atoms with Crippen molar-refractivity contribution in [2.45, 2.75) is 32.6 Å². The fourth-order valence-electron chi connectivity index (χ4n) is 1.96. The smallest absolute Gasteiger partial charge is 0.266 e. The zero-order valence-corrected chi connectivity index (χ0v) is 10.2. The van der Waals surface area contributed by atoms with Crippen LogP contribution in [-0.4, -0.2) is 11.6 Å². The van der Waals surface area contributed by atoms with E-state index in [1.807, 2.05) is 17.5 Å². The van der Waals surface area contributed by atoms with Gasteiger partial charge in [-0.05, 0) is 43.0 Å². The number of hydrogen-bond acceptors (Lipinski definition) is 3. The number of hydrogen-bond donors (Lipinski definition) is 1. The summed E-state index contributed by atoms with van der Waals surface area (Å²) in [5, 5.41) is 6.11. The molecule has 0 saturated heterocycles. The molecule has 1 aromatic heterocycles. The van der Waals surface area contributed by atoms with Gasteiger partial charge in [0.1, 0.15) is 0 Å². The minimum Gasteiger partial charge on any atom is -0.266 e. The number of rotatable bonds is 2. The molecular formula is C12H16N2OS. The monoisotopic (exact) mass is 236 g/mol. The van der Waals surface area contributed by atoms with Gasteiger partial charge >= 0.3 is 0 Å². The normalized spacial score (nSPS) is 23.3. The molecule has 16 heavy (non-hydrogen) atoms. The van der Waals surface area contributed by atoms with Crippen LogP contribution >= 0.6 is 11.3 Å². The minimum atomic E-state index is -0.0965. The predicted octanol–water partition coefficient (Wildman–Crippen LogP) is 3.04. The quantitative estimate of drug-likeness (QED) is 0.788. The van der Waals surface area contributed by atoms with Crippen molar-refractivity contribution in [1.82, 2.24) is 5.43 Å². The summed E-state index contributed by atoms with van der Waals surface area (Å²) in [5.41, 5.74) is 3.76. The molecule has 0 bridgehead atoms. The fourth-order valence-corrected chi connectivity index (χ4v) is 2.57. The lowest BCUT2D eigenvalue weighted by atomic mass is 9.89. The van der Waals surface area contributed by atoms with Crippen molar-refractivity contribution in [3.05, 3.63) is 22.4 Å². The summed E-state index contributed by atoms with van der Waals surface area (Å²) in [7, 11) is 0. The molecule has 2 rings (SSSR count). The number of carbonyl (C=O) groups is 1. The molecule has 0 radical (unpaired) electrons. The fraction of sp³-hybridized carbons (Fsp3) is 0.500. The Morgan fingerprint density at radius 3 is 3.19 bits per heavy atom. The third-order valence-electron chi connectivity index (χ3n) is 2.81. The van der Waals surface area contributed by atoms with E-state index in [1.165, 1.54) is 24.2 Å². The predicted molar refractivity (Wildman–Crippen MR) is 66.9 cm³/mol. The zero-order chi connectivity index (χ0) is 11.4. The van der Waals surface area contributed by atoms with Crippen molar-refractivity contribution < 1.29 is 4.79 Å². The van der Waals surface area contributed by atoms with Crippen molar-refractivity contribution in [3.8, 4) is 0 Å². The van der Waals surface area contributed by atoms with Gasteiger partial charge < -0.3 is 0 Å². The maximum atomic E-state index is 11.6. The van der Waals surface area contributed by atoms with E-state index < -0.39 is 0 Å². The Kier molecular flexibility index (Phi) is 3.72. The lowest BCUT2D eigenvalue weighted by Crippen LogP contribution is -2.21. The first-order valence-electron chi connectivity index (χ1n) is 5.65. The Balaban J connectivity index is 1.91. The maximum Gasteiger partial charge on any atom is 0.281 e. The van der Waals surface area contributed by atoms with Crippen molar-refractivity contribution in [2.24, 2.45) is 11.0 Å². The standard InChI is InChI=1S/C12H16N2OS/c1-9-4-2-5-10(8-9)13-14-12(15)11-6-3-7-16-11/h3,6-7,9H,2,4-5,8H2,1H3,(H,14,15)/b13-10+/t9-/m1/s1. The molecule has 1 aliphatic carbocycles. The molecule has 4 heteroatoms. The topological polar surface area (TPSA) is 41.5 Å². The van der Waals surface area contributed by atoms with Gasteiger partial charge in [0.15, 0.2) is 0 Å². The van der Waals surface area contributed by atoms with Crippen LogP contribution in [0.25, 0.3) is 0 Å². The molecule has 3 nitrogen and oxygen atoms in total. The molecule has 1 atom stereocenters. The molecule has 1 fully saturated rings. The summed E-state index contributed by atoms with van der Waals surface area (Å²) in [6.07, 6.45) is 4.51. The third-order valence-corrected chi connectivity index (χ3v) is 3.68. The second kappa shape index (κ2) is 5.25. The van der Waals surface area contributed by atoms with Crippen molar-refractivity contribution in [3.63, 3.8) is 0 Å². The van der Waals surface area contributed by atoms with Gasteiger partial charge in [-0.25, -0.2) is 5.43 Å². The minimum absolute atomic E-state index is 0.0965. The summed E-state index contributed by atoms with van der Waals surface area (Å²) in [4.78, 5) is 12.3. The van der Waals surface area contributed by atoms with Gasteiger partial charge in [0.05, 0.1) is 4.88 Å². The summed E-state index contributed by atoms with van der Waals surface area (Å²) in [5.74, 6) is 0.604. The number of carbonyl (C=O) groups excluding carboxylic acids is 1. The average molecular weight is 236 g/mol. The molecule has 0 aromatic carbocycles. The molecule has 0 unspecified atom stereocenters. The van der Waals surface area contributed by atoms with E-state index in [1.54, 1.807) is 0 Å². The summed E-state index contributed by atoms with van der Waals surface area (Å²) < 4.78 is 0. The average Bonchev–Trinajstić information content (AvgIpc) is 2.79. The highest BCUT2D eigenvalue weighted by Gasteiger charge is 2.14. The Morgan fingerprint density at radius 1 is 1.62 bits per heavy atom. The van der Waals surface area contributed by atoms with E-state index >= 15 is 0 Å². The first-order chi connectivity index (χ1) is 7.75. The Morgan fingerprint density at radius 2 is 2.50 bits per heavy atom.